The Morgan fingerprint density at radius 2 is 1.03 bits per heavy atom. The van der Waals surface area contributed by atoms with Gasteiger partial charge in [-0.2, -0.15) is 0 Å². The lowest BCUT2D eigenvalue weighted by Crippen LogP contribution is -2.04. The summed E-state index contributed by atoms with van der Waals surface area (Å²) in [6, 6.07) is 80.9. The average molecular weight is 907 g/mol. The zero-order valence-electron chi connectivity index (χ0n) is 38.6. The fourth-order valence-electron chi connectivity index (χ4n) is 11.7. The van der Waals surface area contributed by atoms with E-state index in [9.17, 15) is 0 Å². The summed E-state index contributed by atoms with van der Waals surface area (Å²) in [7, 11) is 0. The Balaban J connectivity index is 1.01. The first-order chi connectivity index (χ1) is 35.2. The number of para-hydroxylation sites is 2. The summed E-state index contributed by atoms with van der Waals surface area (Å²) in [6.07, 6.45) is 1.86. The van der Waals surface area contributed by atoms with Gasteiger partial charge in [-0.05, 0) is 134 Å². The quantitative estimate of drug-likeness (QED) is 0.173. The summed E-state index contributed by atoms with van der Waals surface area (Å²) in [4.78, 5) is 16.6. The van der Waals surface area contributed by atoms with E-state index in [-0.39, 0.29) is 5.92 Å². The molecule has 0 spiro atoms. The lowest BCUT2D eigenvalue weighted by atomic mass is 9.84. The molecule has 15 rings (SSSR count). The molecule has 1 atom stereocenters. The van der Waals surface area contributed by atoms with E-state index < -0.39 is 0 Å². The Hall–Kier alpha value is -9.19. The van der Waals surface area contributed by atoms with Gasteiger partial charge in [0.25, 0.3) is 0 Å². The highest BCUT2D eigenvalue weighted by Gasteiger charge is 2.28. The van der Waals surface area contributed by atoms with Gasteiger partial charge < -0.3 is 8.98 Å². The molecule has 71 heavy (non-hydrogen) atoms. The SMILES string of the molecule is c1ccc(-n2c3ccccc3c3c(-c4nc(-c5ccc6ccccc6c5)nc(-c5cc(C6CCc7cc8ccccc8cc7-c7ccccc76)cc6oc7cc8ccccc8cc7c56)n4)cccc32)cc1. The summed E-state index contributed by atoms with van der Waals surface area (Å²) in [5.41, 5.74) is 14.2. The van der Waals surface area contributed by atoms with Crippen molar-refractivity contribution in [1.29, 1.82) is 0 Å². The van der Waals surface area contributed by atoms with Gasteiger partial charge in [-0.25, -0.2) is 15.0 Å². The second kappa shape index (κ2) is 15.7. The average Bonchev–Trinajstić information content (AvgIpc) is 3.91. The first kappa shape index (κ1) is 39.8. The van der Waals surface area contributed by atoms with Crippen LogP contribution in [0.2, 0.25) is 0 Å². The monoisotopic (exact) mass is 906 g/mol. The molecule has 0 N–H and O–H groups in total. The number of nitrogens with zero attached hydrogens (tertiary/aromatic N) is 4. The van der Waals surface area contributed by atoms with Crippen molar-refractivity contribution in [1.82, 2.24) is 19.5 Å². The van der Waals surface area contributed by atoms with E-state index in [0.717, 1.165) is 101 Å². The van der Waals surface area contributed by atoms with E-state index in [1.165, 1.54) is 38.6 Å². The van der Waals surface area contributed by atoms with Crippen LogP contribution in [0, 0.1) is 0 Å². The highest BCUT2D eigenvalue weighted by molar-refractivity contribution is 6.17. The van der Waals surface area contributed by atoms with Crippen LogP contribution < -0.4 is 0 Å². The molecule has 0 bridgehead atoms. The summed E-state index contributed by atoms with van der Waals surface area (Å²) in [6.45, 7) is 0. The molecule has 3 heterocycles. The lowest BCUT2D eigenvalue weighted by Gasteiger charge is -2.20. The van der Waals surface area contributed by atoms with Crippen LogP contribution in [-0.2, 0) is 6.42 Å². The predicted octanol–water partition coefficient (Wildman–Crippen LogP) is 17.1. The minimum absolute atomic E-state index is 0.0660. The summed E-state index contributed by atoms with van der Waals surface area (Å²) >= 11 is 0. The van der Waals surface area contributed by atoms with Crippen LogP contribution in [0.1, 0.15) is 29.0 Å². The van der Waals surface area contributed by atoms with Crippen molar-refractivity contribution < 1.29 is 4.42 Å². The van der Waals surface area contributed by atoms with Crippen LogP contribution in [-0.4, -0.2) is 19.5 Å². The Morgan fingerprint density at radius 3 is 1.86 bits per heavy atom. The maximum absolute atomic E-state index is 7.04. The normalized spacial score (nSPS) is 13.7. The maximum Gasteiger partial charge on any atom is 0.164 e. The molecule has 1 aliphatic carbocycles. The van der Waals surface area contributed by atoms with Crippen molar-refractivity contribution in [3.8, 4) is 51.0 Å². The van der Waals surface area contributed by atoms with Crippen molar-refractivity contribution in [2.24, 2.45) is 0 Å². The molecule has 0 saturated carbocycles. The summed E-state index contributed by atoms with van der Waals surface area (Å²) in [5.74, 6) is 1.88. The van der Waals surface area contributed by atoms with Crippen LogP contribution in [0.5, 0.6) is 0 Å². The van der Waals surface area contributed by atoms with Crippen molar-refractivity contribution >= 4 is 76.1 Å². The Kier molecular flexibility index (Phi) is 8.78. The Labute approximate surface area is 409 Å². The van der Waals surface area contributed by atoms with Crippen LogP contribution in [0.3, 0.4) is 0 Å². The van der Waals surface area contributed by atoms with Crippen molar-refractivity contribution in [2.45, 2.75) is 18.8 Å². The molecule has 11 aromatic carbocycles. The molecular formula is C66H42N4O. The standard InChI is InChI=1S/C66H42N4O/c1-2-21-49(22-3-1)70-58-27-13-12-25-53(58)62-54(26-14-28-59(62)70)65-67-64(47-30-29-40-15-4-5-16-41(40)34-47)68-66(69-65)57-37-48(39-61-63(57)56-36-44-19-8-9-20-45(44)38-60(56)71-61)50-32-31-46-33-42-17-6-7-18-43(42)35-55(46)52-24-11-10-23-51(50)52/h1-30,33-39,50H,31-32H2. The number of aryl methyl sites for hydroxylation is 1. The molecule has 5 heteroatoms. The van der Waals surface area contributed by atoms with E-state index in [0.29, 0.717) is 17.5 Å². The molecule has 1 unspecified atom stereocenters. The number of hydrogen-bond donors (Lipinski definition) is 0. The van der Waals surface area contributed by atoms with Gasteiger partial charge in [-0.1, -0.05) is 164 Å². The van der Waals surface area contributed by atoms with Crippen LogP contribution in [0.4, 0.5) is 0 Å². The van der Waals surface area contributed by atoms with Gasteiger partial charge in [0.05, 0.1) is 11.0 Å². The van der Waals surface area contributed by atoms with E-state index >= 15 is 0 Å². The zero-order chi connectivity index (χ0) is 46.6. The van der Waals surface area contributed by atoms with Crippen LogP contribution >= 0.6 is 0 Å². The fourth-order valence-corrected chi connectivity index (χ4v) is 11.7. The van der Waals surface area contributed by atoms with Gasteiger partial charge in [0.2, 0.25) is 0 Å². The van der Waals surface area contributed by atoms with Crippen molar-refractivity contribution in [2.75, 3.05) is 0 Å². The van der Waals surface area contributed by atoms with E-state index in [4.69, 9.17) is 19.4 Å². The minimum atomic E-state index is 0.0660. The molecule has 0 radical (unpaired) electrons. The highest BCUT2D eigenvalue weighted by atomic mass is 16.3. The summed E-state index contributed by atoms with van der Waals surface area (Å²) in [5, 5.41) is 11.3. The van der Waals surface area contributed by atoms with Gasteiger partial charge in [0, 0.05) is 49.8 Å². The first-order valence-corrected chi connectivity index (χ1v) is 24.5. The van der Waals surface area contributed by atoms with Gasteiger partial charge in [-0.15, -0.1) is 0 Å². The number of rotatable bonds is 5. The topological polar surface area (TPSA) is 56.7 Å². The third-order valence-corrected chi connectivity index (χ3v) is 15.0. The Bertz CT molecular complexity index is 4490. The van der Waals surface area contributed by atoms with Crippen molar-refractivity contribution in [3.05, 3.63) is 241 Å². The van der Waals surface area contributed by atoms with Crippen LogP contribution in [0.15, 0.2) is 229 Å². The molecule has 0 fully saturated rings. The smallest absolute Gasteiger partial charge is 0.164 e. The molecule has 1 aliphatic rings. The third-order valence-electron chi connectivity index (χ3n) is 15.0. The predicted molar refractivity (Wildman–Crippen MR) is 292 cm³/mol. The molecule has 0 saturated heterocycles. The molecule has 14 aromatic rings. The zero-order valence-corrected chi connectivity index (χ0v) is 38.6. The molecule has 0 aliphatic heterocycles. The second-order valence-electron chi connectivity index (χ2n) is 19.0. The van der Waals surface area contributed by atoms with Gasteiger partial charge in [-0.3, -0.25) is 0 Å². The molecular weight excluding hydrogens is 865 g/mol. The number of furan rings is 1. The second-order valence-corrected chi connectivity index (χ2v) is 19.0. The maximum atomic E-state index is 7.04. The van der Waals surface area contributed by atoms with E-state index in [1.54, 1.807) is 0 Å². The molecule has 5 nitrogen and oxygen atoms in total. The minimum Gasteiger partial charge on any atom is -0.456 e. The van der Waals surface area contributed by atoms with Gasteiger partial charge >= 0.3 is 0 Å². The molecule has 332 valence electrons. The third kappa shape index (κ3) is 6.36. The van der Waals surface area contributed by atoms with Gasteiger partial charge in [0.1, 0.15) is 11.2 Å². The summed E-state index contributed by atoms with van der Waals surface area (Å²) < 4.78 is 9.39. The van der Waals surface area contributed by atoms with E-state index in [1.807, 2.05) is 0 Å². The first-order valence-electron chi connectivity index (χ1n) is 24.5. The number of aromatic nitrogens is 4. The van der Waals surface area contributed by atoms with Crippen LogP contribution in [0.25, 0.3) is 127 Å². The molecule has 3 aromatic heterocycles. The van der Waals surface area contributed by atoms with Crippen molar-refractivity contribution in [3.63, 3.8) is 0 Å². The number of hydrogen-bond acceptors (Lipinski definition) is 4. The largest absolute Gasteiger partial charge is 0.456 e. The fraction of sp³-hybridized carbons (Fsp3) is 0.0455. The van der Waals surface area contributed by atoms with Gasteiger partial charge in [0.15, 0.2) is 17.5 Å². The van der Waals surface area contributed by atoms with E-state index in [2.05, 4.69) is 229 Å². The lowest BCUT2D eigenvalue weighted by molar-refractivity contribution is 0.665. The highest BCUT2D eigenvalue weighted by Crippen LogP contribution is 2.47. The molecule has 0 amide bonds. The number of benzene rings is 11. The Morgan fingerprint density at radius 1 is 0.394 bits per heavy atom. The number of fused-ring (bicyclic) bond motifs is 12.